The predicted molar refractivity (Wildman–Crippen MR) is 73.7 cm³/mol. The van der Waals surface area contributed by atoms with Gasteiger partial charge in [0, 0.05) is 23.3 Å². The predicted octanol–water partition coefficient (Wildman–Crippen LogP) is 3.69. The zero-order chi connectivity index (χ0) is 12.1. The number of aromatic nitrogens is 1. The van der Waals surface area contributed by atoms with E-state index in [9.17, 15) is 0 Å². The van der Waals surface area contributed by atoms with Crippen molar-refractivity contribution in [2.45, 2.75) is 19.4 Å². The lowest BCUT2D eigenvalue weighted by Crippen LogP contribution is -2.22. The van der Waals surface area contributed by atoms with E-state index in [1.165, 1.54) is 10.4 Å². The van der Waals surface area contributed by atoms with Crippen molar-refractivity contribution in [3.05, 3.63) is 51.4 Å². The van der Waals surface area contributed by atoms with Gasteiger partial charge in [-0.15, -0.1) is 11.3 Å². The maximum absolute atomic E-state index is 6.19. The molecule has 0 spiro atoms. The van der Waals surface area contributed by atoms with E-state index in [-0.39, 0.29) is 6.04 Å². The summed E-state index contributed by atoms with van der Waals surface area (Å²) in [5.74, 6) is 0. The number of hydrogen-bond acceptors (Lipinski definition) is 3. The molecule has 2 aromatic rings. The number of halogens is 1. The van der Waals surface area contributed by atoms with Crippen molar-refractivity contribution in [3.8, 4) is 0 Å². The lowest BCUT2D eigenvalue weighted by atomic mass is 10.1. The number of likely N-dealkylation sites (N-methyl/N-ethyl adjacent to an activating group) is 1. The first kappa shape index (κ1) is 12.6. The third-order valence-electron chi connectivity index (χ3n) is 2.57. The van der Waals surface area contributed by atoms with Crippen molar-refractivity contribution >= 4 is 22.9 Å². The first-order valence-electron chi connectivity index (χ1n) is 5.66. The van der Waals surface area contributed by atoms with E-state index in [0.717, 1.165) is 18.0 Å². The number of thiophene rings is 1. The van der Waals surface area contributed by atoms with Gasteiger partial charge in [-0.1, -0.05) is 24.6 Å². The van der Waals surface area contributed by atoms with Crippen LogP contribution in [0.4, 0.5) is 0 Å². The van der Waals surface area contributed by atoms with Crippen LogP contribution >= 0.6 is 22.9 Å². The average Bonchev–Trinajstić information content (AvgIpc) is 2.76. The fourth-order valence-electron chi connectivity index (χ4n) is 1.81. The minimum atomic E-state index is 0.275. The Morgan fingerprint density at radius 3 is 2.94 bits per heavy atom. The van der Waals surface area contributed by atoms with Crippen molar-refractivity contribution in [2.24, 2.45) is 0 Å². The summed E-state index contributed by atoms with van der Waals surface area (Å²) in [6.45, 7) is 3.04. The topological polar surface area (TPSA) is 24.9 Å². The molecule has 0 radical (unpaired) electrons. The lowest BCUT2D eigenvalue weighted by Gasteiger charge is -2.17. The lowest BCUT2D eigenvalue weighted by molar-refractivity contribution is 0.557. The number of hydrogen-bond donors (Lipinski definition) is 1. The van der Waals surface area contributed by atoms with Gasteiger partial charge >= 0.3 is 0 Å². The van der Waals surface area contributed by atoms with Crippen LogP contribution in [-0.2, 0) is 6.42 Å². The Morgan fingerprint density at radius 2 is 2.35 bits per heavy atom. The van der Waals surface area contributed by atoms with Gasteiger partial charge in [0.2, 0.25) is 0 Å². The van der Waals surface area contributed by atoms with E-state index < -0.39 is 0 Å². The zero-order valence-electron chi connectivity index (χ0n) is 9.69. The van der Waals surface area contributed by atoms with Gasteiger partial charge in [0.1, 0.15) is 0 Å². The van der Waals surface area contributed by atoms with Gasteiger partial charge in [-0.05, 0) is 36.0 Å². The molecule has 0 aliphatic rings. The average molecular weight is 267 g/mol. The van der Waals surface area contributed by atoms with Crippen LogP contribution < -0.4 is 5.32 Å². The Balaban J connectivity index is 2.16. The maximum Gasteiger partial charge on any atom is 0.0561 e. The first-order valence-corrected chi connectivity index (χ1v) is 6.92. The number of pyridine rings is 1. The molecule has 0 saturated heterocycles. The maximum atomic E-state index is 6.19. The molecule has 0 amide bonds. The first-order chi connectivity index (χ1) is 8.31. The van der Waals surface area contributed by atoms with Gasteiger partial charge in [-0.3, -0.25) is 4.98 Å². The summed E-state index contributed by atoms with van der Waals surface area (Å²) >= 11 is 7.89. The van der Waals surface area contributed by atoms with Crippen LogP contribution in [-0.4, -0.2) is 11.5 Å². The quantitative estimate of drug-likeness (QED) is 0.893. The second-order valence-corrected chi connectivity index (χ2v) is 5.16. The highest BCUT2D eigenvalue weighted by atomic mass is 35.5. The van der Waals surface area contributed by atoms with Crippen LogP contribution in [0.25, 0.3) is 0 Å². The van der Waals surface area contributed by atoms with Gasteiger partial charge in [0.05, 0.1) is 5.02 Å². The van der Waals surface area contributed by atoms with Crippen molar-refractivity contribution in [2.75, 3.05) is 6.54 Å². The molecule has 1 unspecified atom stereocenters. The van der Waals surface area contributed by atoms with Crippen LogP contribution in [0.3, 0.4) is 0 Å². The van der Waals surface area contributed by atoms with Crippen LogP contribution in [0, 0.1) is 0 Å². The van der Waals surface area contributed by atoms with E-state index >= 15 is 0 Å². The molecule has 2 rings (SSSR count). The van der Waals surface area contributed by atoms with Crippen LogP contribution in [0.5, 0.6) is 0 Å². The van der Waals surface area contributed by atoms with Gasteiger partial charge in [-0.2, -0.15) is 0 Å². The van der Waals surface area contributed by atoms with Crippen LogP contribution in [0.1, 0.15) is 23.4 Å². The largest absolute Gasteiger partial charge is 0.309 e. The van der Waals surface area contributed by atoms with Crippen molar-refractivity contribution in [3.63, 3.8) is 0 Å². The van der Waals surface area contributed by atoms with E-state index in [0.29, 0.717) is 0 Å². The normalized spacial score (nSPS) is 12.6. The monoisotopic (exact) mass is 266 g/mol. The molecule has 0 bridgehead atoms. The molecular formula is C13H15ClN2S. The van der Waals surface area contributed by atoms with Crippen molar-refractivity contribution in [1.29, 1.82) is 0 Å². The molecule has 0 aliphatic heterocycles. The van der Waals surface area contributed by atoms with Gasteiger partial charge in [0.25, 0.3) is 0 Å². The minimum Gasteiger partial charge on any atom is -0.309 e. The number of nitrogens with zero attached hydrogens (tertiary/aromatic N) is 1. The highest BCUT2D eigenvalue weighted by molar-refractivity contribution is 7.10. The Morgan fingerprint density at radius 1 is 1.47 bits per heavy atom. The Hall–Kier alpha value is -0.900. The molecule has 0 aliphatic carbocycles. The Labute approximate surface area is 111 Å². The SMILES string of the molecule is CCNC(Cc1cccnc1)c1sccc1Cl. The minimum absolute atomic E-state index is 0.275. The molecule has 17 heavy (non-hydrogen) atoms. The second kappa shape index (κ2) is 6.15. The number of nitrogens with one attached hydrogen (secondary N) is 1. The highest BCUT2D eigenvalue weighted by Crippen LogP contribution is 2.30. The molecule has 0 fully saturated rings. The van der Waals surface area contributed by atoms with Gasteiger partial charge in [-0.25, -0.2) is 0 Å². The molecule has 0 aromatic carbocycles. The second-order valence-electron chi connectivity index (χ2n) is 3.81. The molecule has 0 saturated carbocycles. The van der Waals surface area contributed by atoms with Crippen molar-refractivity contribution in [1.82, 2.24) is 10.3 Å². The molecule has 90 valence electrons. The summed E-state index contributed by atoms with van der Waals surface area (Å²) in [5, 5.41) is 6.36. The molecule has 1 N–H and O–H groups in total. The van der Waals surface area contributed by atoms with E-state index in [2.05, 4.69) is 23.3 Å². The van der Waals surface area contributed by atoms with Crippen LogP contribution in [0.15, 0.2) is 36.0 Å². The smallest absolute Gasteiger partial charge is 0.0561 e. The summed E-state index contributed by atoms with van der Waals surface area (Å²) in [4.78, 5) is 5.35. The van der Waals surface area contributed by atoms with Crippen molar-refractivity contribution < 1.29 is 0 Å². The summed E-state index contributed by atoms with van der Waals surface area (Å²) in [6.07, 6.45) is 4.62. The van der Waals surface area contributed by atoms with Crippen LogP contribution in [0.2, 0.25) is 5.02 Å². The summed E-state index contributed by atoms with van der Waals surface area (Å²) in [5.41, 5.74) is 1.22. The fourth-order valence-corrected chi connectivity index (χ4v) is 3.08. The third kappa shape index (κ3) is 3.28. The van der Waals surface area contributed by atoms with E-state index in [4.69, 9.17) is 11.6 Å². The molecule has 1 atom stereocenters. The Kier molecular flexibility index (Phi) is 4.54. The molecule has 2 aromatic heterocycles. The standard InChI is InChI=1S/C13H15ClN2S/c1-2-16-12(13-11(14)5-7-17-13)8-10-4-3-6-15-9-10/h3-7,9,12,16H,2,8H2,1H3. The third-order valence-corrected chi connectivity index (χ3v) is 4.05. The summed E-state index contributed by atoms with van der Waals surface area (Å²) in [6, 6.07) is 6.29. The fraction of sp³-hybridized carbons (Fsp3) is 0.308. The Bertz CT molecular complexity index is 455. The van der Waals surface area contributed by atoms with Gasteiger partial charge in [0.15, 0.2) is 0 Å². The molecule has 2 heterocycles. The van der Waals surface area contributed by atoms with Gasteiger partial charge < -0.3 is 5.32 Å². The molecule has 4 heteroatoms. The van der Waals surface area contributed by atoms with E-state index in [1.54, 1.807) is 17.5 Å². The number of rotatable bonds is 5. The molecule has 2 nitrogen and oxygen atoms in total. The summed E-state index contributed by atoms with van der Waals surface area (Å²) in [7, 11) is 0. The zero-order valence-corrected chi connectivity index (χ0v) is 11.3. The molecular weight excluding hydrogens is 252 g/mol. The van der Waals surface area contributed by atoms with E-state index in [1.807, 2.05) is 23.7 Å². The summed E-state index contributed by atoms with van der Waals surface area (Å²) < 4.78 is 0. The highest BCUT2D eigenvalue weighted by Gasteiger charge is 2.15.